The van der Waals surface area contributed by atoms with E-state index in [0.717, 1.165) is 18.3 Å². The van der Waals surface area contributed by atoms with Crippen molar-refractivity contribution in [1.82, 2.24) is 5.32 Å². The number of rotatable bonds is 5. The van der Waals surface area contributed by atoms with E-state index in [9.17, 15) is 0 Å². The summed E-state index contributed by atoms with van der Waals surface area (Å²) < 4.78 is 0. The molecule has 17 heavy (non-hydrogen) atoms. The van der Waals surface area contributed by atoms with Crippen LogP contribution < -0.4 is 5.32 Å². The quantitative estimate of drug-likeness (QED) is 0.795. The highest BCUT2D eigenvalue weighted by Crippen LogP contribution is 2.08. The van der Waals surface area contributed by atoms with Gasteiger partial charge in [0, 0.05) is 17.4 Å². The van der Waals surface area contributed by atoms with Gasteiger partial charge in [0.15, 0.2) is 0 Å². The summed E-state index contributed by atoms with van der Waals surface area (Å²) >= 11 is 3.41. The largest absolute Gasteiger partial charge is 0.308 e. The molecule has 0 aliphatic carbocycles. The van der Waals surface area contributed by atoms with Crippen LogP contribution in [-0.4, -0.2) is 10.9 Å². The summed E-state index contributed by atoms with van der Waals surface area (Å²) in [5, 5.41) is 4.51. The van der Waals surface area contributed by atoms with Crippen molar-refractivity contribution in [3.05, 3.63) is 41.5 Å². The van der Waals surface area contributed by atoms with Gasteiger partial charge in [-0.15, -0.1) is 0 Å². The van der Waals surface area contributed by atoms with Gasteiger partial charge >= 0.3 is 0 Å². The normalized spacial score (nSPS) is 12.2. The summed E-state index contributed by atoms with van der Waals surface area (Å²) in [6, 6.07) is 8.72. The van der Waals surface area contributed by atoms with Crippen LogP contribution >= 0.6 is 15.9 Å². The average Bonchev–Trinajstić information content (AvgIpc) is 2.27. The summed E-state index contributed by atoms with van der Waals surface area (Å²) in [6.07, 6.45) is 5.44. The monoisotopic (exact) mass is 295 g/mol. The lowest BCUT2D eigenvalue weighted by atomic mass is 10.1. The fraction of sp³-hybridized carbons (Fsp3) is 0.467. The first-order valence-electron chi connectivity index (χ1n) is 6.08. The zero-order chi connectivity index (χ0) is 12.7. The molecule has 0 unspecified atom stereocenters. The Bertz CT molecular complexity index is 346. The lowest BCUT2D eigenvalue weighted by Gasteiger charge is -2.20. The Morgan fingerprint density at radius 1 is 1.18 bits per heavy atom. The Morgan fingerprint density at radius 3 is 2.35 bits per heavy atom. The predicted octanol–water partition coefficient (Wildman–Crippen LogP) is 4.37. The van der Waals surface area contributed by atoms with Crippen LogP contribution in [-0.2, 0) is 6.54 Å². The van der Waals surface area contributed by atoms with E-state index in [2.05, 4.69) is 78.4 Å². The van der Waals surface area contributed by atoms with Crippen LogP contribution in [0.25, 0.3) is 6.08 Å². The molecule has 0 amide bonds. The van der Waals surface area contributed by atoms with Crippen LogP contribution in [0.5, 0.6) is 0 Å². The smallest absolute Gasteiger partial charge is 0.0210 e. The van der Waals surface area contributed by atoms with E-state index in [-0.39, 0.29) is 5.54 Å². The third kappa shape index (κ3) is 6.64. The maximum atomic E-state index is 3.49. The van der Waals surface area contributed by atoms with Crippen LogP contribution in [0.4, 0.5) is 0 Å². The summed E-state index contributed by atoms with van der Waals surface area (Å²) in [5.41, 5.74) is 2.78. The molecule has 0 aliphatic heterocycles. The zero-order valence-electron chi connectivity index (χ0n) is 11.0. The maximum Gasteiger partial charge on any atom is 0.0210 e. The van der Waals surface area contributed by atoms with E-state index < -0.39 is 0 Å². The lowest BCUT2D eigenvalue weighted by molar-refractivity contribution is 0.424. The molecule has 1 aromatic carbocycles. The number of benzene rings is 1. The van der Waals surface area contributed by atoms with Crippen LogP contribution in [0, 0.1) is 0 Å². The molecule has 0 radical (unpaired) electrons. The second kappa shape index (κ2) is 6.97. The molecule has 0 aliphatic rings. The van der Waals surface area contributed by atoms with E-state index >= 15 is 0 Å². The van der Waals surface area contributed by atoms with Gasteiger partial charge in [0.25, 0.3) is 0 Å². The molecule has 1 rings (SSSR count). The van der Waals surface area contributed by atoms with Crippen LogP contribution in [0.2, 0.25) is 0 Å². The molecule has 2 heteroatoms. The van der Waals surface area contributed by atoms with Crippen LogP contribution in [0.15, 0.2) is 30.3 Å². The van der Waals surface area contributed by atoms with E-state index in [1.807, 2.05) is 0 Å². The van der Waals surface area contributed by atoms with Crippen LogP contribution in [0.3, 0.4) is 0 Å². The highest BCUT2D eigenvalue weighted by Gasteiger charge is 2.07. The van der Waals surface area contributed by atoms with E-state index in [1.54, 1.807) is 0 Å². The highest BCUT2D eigenvalue weighted by atomic mass is 79.9. The SMILES string of the molecule is CC(C)(C)NCc1ccc(C=CCCBr)cc1. The summed E-state index contributed by atoms with van der Waals surface area (Å²) in [4.78, 5) is 0. The molecular formula is C15H22BrN. The fourth-order valence-electron chi connectivity index (χ4n) is 1.40. The van der Waals surface area contributed by atoms with E-state index in [0.29, 0.717) is 0 Å². The van der Waals surface area contributed by atoms with Crippen molar-refractivity contribution in [3.8, 4) is 0 Å². The minimum Gasteiger partial charge on any atom is -0.308 e. The molecule has 0 saturated carbocycles. The first-order valence-corrected chi connectivity index (χ1v) is 7.20. The number of nitrogens with one attached hydrogen (secondary N) is 1. The number of allylic oxidation sites excluding steroid dienone is 1. The maximum absolute atomic E-state index is 3.49. The Balaban J connectivity index is 2.50. The first kappa shape index (κ1) is 14.5. The van der Waals surface area contributed by atoms with Gasteiger partial charge in [0.2, 0.25) is 0 Å². The Kier molecular flexibility index (Phi) is 5.93. The molecule has 0 saturated heterocycles. The predicted molar refractivity (Wildman–Crippen MR) is 80.5 cm³/mol. The summed E-state index contributed by atoms with van der Waals surface area (Å²) in [7, 11) is 0. The van der Waals surface area contributed by atoms with Crippen molar-refractivity contribution >= 4 is 22.0 Å². The molecule has 1 nitrogen and oxygen atoms in total. The van der Waals surface area contributed by atoms with Crippen molar-refractivity contribution in [2.75, 3.05) is 5.33 Å². The van der Waals surface area contributed by atoms with Gasteiger partial charge in [0.1, 0.15) is 0 Å². The summed E-state index contributed by atoms with van der Waals surface area (Å²) in [6.45, 7) is 7.48. The van der Waals surface area contributed by atoms with Gasteiger partial charge in [0.05, 0.1) is 0 Å². The molecule has 0 aromatic heterocycles. The molecule has 94 valence electrons. The fourth-order valence-corrected chi connectivity index (χ4v) is 1.66. The third-order valence-corrected chi connectivity index (χ3v) is 2.85. The van der Waals surface area contributed by atoms with Gasteiger partial charge in [-0.3, -0.25) is 0 Å². The molecule has 0 atom stereocenters. The minimum absolute atomic E-state index is 0.175. The molecule has 0 bridgehead atoms. The number of halogens is 1. The van der Waals surface area contributed by atoms with Crippen molar-refractivity contribution < 1.29 is 0 Å². The Labute approximate surface area is 113 Å². The van der Waals surface area contributed by atoms with E-state index in [1.165, 1.54) is 11.1 Å². The van der Waals surface area contributed by atoms with Gasteiger partial charge in [-0.2, -0.15) is 0 Å². The minimum atomic E-state index is 0.175. The van der Waals surface area contributed by atoms with Crippen molar-refractivity contribution in [2.45, 2.75) is 39.3 Å². The van der Waals surface area contributed by atoms with Crippen molar-refractivity contribution in [2.24, 2.45) is 0 Å². The Morgan fingerprint density at radius 2 is 1.82 bits per heavy atom. The molecule has 0 spiro atoms. The molecule has 0 fully saturated rings. The zero-order valence-corrected chi connectivity index (χ0v) is 12.5. The highest BCUT2D eigenvalue weighted by molar-refractivity contribution is 9.09. The number of hydrogen-bond acceptors (Lipinski definition) is 1. The molecule has 0 heterocycles. The molecule has 1 N–H and O–H groups in total. The molecular weight excluding hydrogens is 274 g/mol. The number of hydrogen-bond donors (Lipinski definition) is 1. The average molecular weight is 296 g/mol. The van der Waals surface area contributed by atoms with Crippen molar-refractivity contribution in [3.63, 3.8) is 0 Å². The second-order valence-electron chi connectivity index (χ2n) is 5.23. The van der Waals surface area contributed by atoms with Gasteiger partial charge < -0.3 is 5.32 Å². The van der Waals surface area contributed by atoms with Gasteiger partial charge in [-0.1, -0.05) is 52.3 Å². The van der Waals surface area contributed by atoms with Crippen molar-refractivity contribution in [1.29, 1.82) is 0 Å². The second-order valence-corrected chi connectivity index (χ2v) is 6.02. The third-order valence-electron chi connectivity index (χ3n) is 2.39. The van der Waals surface area contributed by atoms with Gasteiger partial charge in [-0.25, -0.2) is 0 Å². The molecule has 1 aromatic rings. The van der Waals surface area contributed by atoms with Gasteiger partial charge in [-0.05, 0) is 38.3 Å². The topological polar surface area (TPSA) is 12.0 Å². The first-order chi connectivity index (χ1) is 8.01. The Hall–Kier alpha value is -0.600. The van der Waals surface area contributed by atoms with E-state index in [4.69, 9.17) is 0 Å². The lowest BCUT2D eigenvalue weighted by Crippen LogP contribution is -2.35. The standard InChI is InChI=1S/C15H22BrN/c1-15(2,3)17-12-14-9-7-13(8-10-14)6-4-5-11-16/h4,6-10,17H,5,11-12H2,1-3H3. The van der Waals surface area contributed by atoms with Crippen LogP contribution in [0.1, 0.15) is 38.3 Å². The summed E-state index contributed by atoms with van der Waals surface area (Å²) in [5.74, 6) is 0. The number of alkyl halides is 1.